The summed E-state index contributed by atoms with van der Waals surface area (Å²) >= 11 is 0. The van der Waals surface area contributed by atoms with Gasteiger partial charge in [-0.15, -0.1) is 0 Å². The Hall–Kier alpha value is -2.51. The molecule has 166 valence electrons. The molecule has 30 heavy (non-hydrogen) atoms. The van der Waals surface area contributed by atoms with E-state index in [-0.39, 0.29) is 6.09 Å². The molecule has 2 aliphatic heterocycles. The van der Waals surface area contributed by atoms with Crippen molar-refractivity contribution < 1.29 is 9.53 Å². The van der Waals surface area contributed by atoms with E-state index in [0.717, 1.165) is 44.5 Å². The van der Waals surface area contributed by atoms with E-state index in [1.54, 1.807) is 4.90 Å². The van der Waals surface area contributed by atoms with Crippen molar-refractivity contribution >= 4 is 17.9 Å². The third-order valence-corrected chi connectivity index (χ3v) is 5.59. The van der Waals surface area contributed by atoms with E-state index < -0.39 is 0 Å². The number of rotatable bonds is 5. The molecular formula is C22H36N6O2. The van der Waals surface area contributed by atoms with Crippen LogP contribution in [0.25, 0.3) is 0 Å². The van der Waals surface area contributed by atoms with Gasteiger partial charge in [0.25, 0.3) is 0 Å². The van der Waals surface area contributed by atoms with E-state index in [9.17, 15) is 4.79 Å². The van der Waals surface area contributed by atoms with E-state index in [2.05, 4.69) is 33.1 Å². The number of hydrogen-bond donors (Lipinski definition) is 1. The number of carbonyl (C=O) groups is 1. The number of piperazine rings is 1. The van der Waals surface area contributed by atoms with Crippen LogP contribution in [0.3, 0.4) is 0 Å². The Morgan fingerprint density at radius 1 is 1.07 bits per heavy atom. The van der Waals surface area contributed by atoms with Crippen molar-refractivity contribution in [3.63, 3.8) is 0 Å². The number of aliphatic imine (C=N–C) groups is 1. The second-order valence-electron chi connectivity index (χ2n) is 7.77. The predicted molar refractivity (Wildman–Crippen MR) is 120 cm³/mol. The highest BCUT2D eigenvalue weighted by molar-refractivity contribution is 5.80. The molecular weight excluding hydrogens is 380 g/mol. The standard InChI is InChI=1S/C22H36N6O2/c1-3-23-21(27-13-15-28(16-14-27)22(29)30-4-2)25-18-19-9-10-24-20(17-19)26-11-7-5-6-8-12-26/h9-10,17H,3-8,11-16,18H2,1-2H3,(H,23,25). The third kappa shape index (κ3) is 6.24. The van der Waals surface area contributed by atoms with Gasteiger partial charge in [0, 0.05) is 52.0 Å². The number of anilines is 1. The normalized spacial score (nSPS) is 18.2. The molecule has 1 aromatic heterocycles. The number of guanidine groups is 1. The van der Waals surface area contributed by atoms with Gasteiger partial charge in [-0.1, -0.05) is 12.8 Å². The molecule has 0 aliphatic carbocycles. The van der Waals surface area contributed by atoms with Gasteiger partial charge in [0.2, 0.25) is 0 Å². The van der Waals surface area contributed by atoms with Crippen LogP contribution in [0.4, 0.5) is 10.6 Å². The molecule has 0 spiro atoms. The van der Waals surface area contributed by atoms with E-state index in [1.807, 2.05) is 19.2 Å². The van der Waals surface area contributed by atoms with Crippen molar-refractivity contribution in [1.82, 2.24) is 20.1 Å². The largest absolute Gasteiger partial charge is 0.450 e. The molecule has 2 saturated heterocycles. The lowest BCUT2D eigenvalue weighted by atomic mass is 10.2. The van der Waals surface area contributed by atoms with Gasteiger partial charge in [0.15, 0.2) is 5.96 Å². The third-order valence-electron chi connectivity index (χ3n) is 5.59. The molecule has 8 nitrogen and oxygen atoms in total. The van der Waals surface area contributed by atoms with Crippen LogP contribution in [0.15, 0.2) is 23.3 Å². The topological polar surface area (TPSA) is 73.3 Å². The maximum Gasteiger partial charge on any atom is 0.409 e. The highest BCUT2D eigenvalue weighted by atomic mass is 16.6. The lowest BCUT2D eigenvalue weighted by Crippen LogP contribution is -2.53. The average Bonchev–Trinajstić information content (AvgIpc) is 3.07. The lowest BCUT2D eigenvalue weighted by Gasteiger charge is -2.35. The molecule has 0 atom stereocenters. The summed E-state index contributed by atoms with van der Waals surface area (Å²) in [6.07, 6.45) is 6.79. The molecule has 0 saturated carbocycles. The number of pyridine rings is 1. The van der Waals surface area contributed by atoms with Crippen molar-refractivity contribution in [3.05, 3.63) is 23.9 Å². The lowest BCUT2D eigenvalue weighted by molar-refractivity contribution is 0.0914. The monoisotopic (exact) mass is 416 g/mol. The van der Waals surface area contributed by atoms with Gasteiger partial charge in [0.05, 0.1) is 13.2 Å². The number of nitrogens with one attached hydrogen (secondary N) is 1. The van der Waals surface area contributed by atoms with Gasteiger partial charge in [-0.05, 0) is 44.4 Å². The molecule has 1 N–H and O–H groups in total. The molecule has 8 heteroatoms. The molecule has 2 fully saturated rings. The highest BCUT2D eigenvalue weighted by Crippen LogP contribution is 2.18. The fourth-order valence-corrected chi connectivity index (χ4v) is 3.94. The molecule has 0 unspecified atom stereocenters. The maximum absolute atomic E-state index is 11.9. The first-order valence-corrected chi connectivity index (χ1v) is 11.4. The van der Waals surface area contributed by atoms with Crippen LogP contribution < -0.4 is 10.2 Å². The van der Waals surface area contributed by atoms with Gasteiger partial charge < -0.3 is 24.8 Å². The molecule has 3 rings (SSSR count). The second-order valence-corrected chi connectivity index (χ2v) is 7.77. The van der Waals surface area contributed by atoms with Crippen LogP contribution in [-0.2, 0) is 11.3 Å². The predicted octanol–water partition coefficient (Wildman–Crippen LogP) is 2.70. The summed E-state index contributed by atoms with van der Waals surface area (Å²) < 4.78 is 5.11. The fourth-order valence-electron chi connectivity index (χ4n) is 3.94. The summed E-state index contributed by atoms with van der Waals surface area (Å²) in [4.78, 5) is 27.8. The molecule has 0 radical (unpaired) electrons. The van der Waals surface area contributed by atoms with Crippen LogP contribution >= 0.6 is 0 Å². The minimum Gasteiger partial charge on any atom is -0.450 e. The Labute approximate surface area is 180 Å². The van der Waals surface area contributed by atoms with Gasteiger partial charge >= 0.3 is 6.09 Å². The Morgan fingerprint density at radius 2 is 1.77 bits per heavy atom. The van der Waals surface area contributed by atoms with E-state index in [0.29, 0.717) is 26.2 Å². The average molecular weight is 417 g/mol. The van der Waals surface area contributed by atoms with Crippen molar-refractivity contribution in [1.29, 1.82) is 0 Å². The quantitative estimate of drug-likeness (QED) is 0.588. The summed E-state index contributed by atoms with van der Waals surface area (Å²) in [7, 11) is 0. The zero-order chi connectivity index (χ0) is 21.2. The maximum atomic E-state index is 11.9. The Kier molecular flexibility index (Phi) is 8.59. The van der Waals surface area contributed by atoms with Gasteiger partial charge in [-0.3, -0.25) is 0 Å². The highest BCUT2D eigenvalue weighted by Gasteiger charge is 2.23. The summed E-state index contributed by atoms with van der Waals surface area (Å²) in [5, 5.41) is 3.39. The minimum absolute atomic E-state index is 0.225. The zero-order valence-electron chi connectivity index (χ0n) is 18.5. The number of aromatic nitrogens is 1. The summed E-state index contributed by atoms with van der Waals surface area (Å²) in [5.41, 5.74) is 1.17. The van der Waals surface area contributed by atoms with Gasteiger partial charge in [0.1, 0.15) is 5.82 Å². The molecule has 3 heterocycles. The first-order chi connectivity index (χ1) is 14.7. The number of nitrogens with zero attached hydrogens (tertiary/aromatic N) is 5. The van der Waals surface area contributed by atoms with Crippen LogP contribution in [0, 0.1) is 0 Å². The molecule has 1 aromatic rings. The van der Waals surface area contributed by atoms with Crippen molar-refractivity contribution in [3.8, 4) is 0 Å². The Balaban J connectivity index is 1.61. The first-order valence-electron chi connectivity index (χ1n) is 11.4. The van der Waals surface area contributed by atoms with Gasteiger partial charge in [-0.2, -0.15) is 0 Å². The SMILES string of the molecule is CCNC(=NCc1ccnc(N2CCCCCC2)c1)N1CCN(C(=O)OCC)CC1. The van der Waals surface area contributed by atoms with Crippen molar-refractivity contribution in [2.75, 3.05) is 57.3 Å². The molecule has 2 aliphatic rings. The first kappa shape index (κ1) is 22.2. The van der Waals surface area contributed by atoms with E-state index in [4.69, 9.17) is 9.73 Å². The molecule has 1 amide bonds. The Morgan fingerprint density at radius 3 is 2.43 bits per heavy atom. The second kappa shape index (κ2) is 11.6. The van der Waals surface area contributed by atoms with Crippen molar-refractivity contribution in [2.24, 2.45) is 4.99 Å². The minimum atomic E-state index is -0.225. The fraction of sp³-hybridized carbons (Fsp3) is 0.682. The smallest absolute Gasteiger partial charge is 0.409 e. The molecule has 0 aromatic carbocycles. The summed E-state index contributed by atoms with van der Waals surface area (Å²) in [5.74, 6) is 1.96. The summed E-state index contributed by atoms with van der Waals surface area (Å²) in [6.45, 7) is 10.7. The number of hydrogen-bond acceptors (Lipinski definition) is 5. The van der Waals surface area contributed by atoms with E-state index in [1.165, 1.54) is 31.2 Å². The van der Waals surface area contributed by atoms with E-state index >= 15 is 0 Å². The number of amides is 1. The van der Waals surface area contributed by atoms with Crippen LogP contribution in [0.1, 0.15) is 45.1 Å². The number of carbonyl (C=O) groups excluding carboxylic acids is 1. The molecule has 0 bridgehead atoms. The van der Waals surface area contributed by atoms with Crippen LogP contribution in [0.2, 0.25) is 0 Å². The summed E-state index contributed by atoms with van der Waals surface area (Å²) in [6, 6.07) is 4.23. The van der Waals surface area contributed by atoms with Crippen LogP contribution in [-0.4, -0.2) is 79.3 Å². The van der Waals surface area contributed by atoms with Gasteiger partial charge in [-0.25, -0.2) is 14.8 Å². The van der Waals surface area contributed by atoms with Crippen LogP contribution in [0.5, 0.6) is 0 Å². The van der Waals surface area contributed by atoms with Crippen molar-refractivity contribution in [2.45, 2.75) is 46.1 Å². The number of ether oxygens (including phenoxy) is 1. The zero-order valence-corrected chi connectivity index (χ0v) is 18.5. The Bertz CT molecular complexity index is 695.